The third-order valence-electron chi connectivity index (χ3n) is 6.49. The van der Waals surface area contributed by atoms with Crippen molar-refractivity contribution < 1.29 is 19.0 Å². The molecule has 7 nitrogen and oxygen atoms in total. The van der Waals surface area contributed by atoms with E-state index in [0.717, 1.165) is 34.6 Å². The number of hydrogen-bond donors (Lipinski definition) is 0. The fourth-order valence-corrected chi connectivity index (χ4v) is 4.53. The van der Waals surface area contributed by atoms with Crippen molar-refractivity contribution in [2.24, 2.45) is 0 Å². The quantitative estimate of drug-likeness (QED) is 0.396. The Kier molecular flexibility index (Phi) is 6.31. The topological polar surface area (TPSA) is 65.8 Å². The highest BCUT2D eigenvalue weighted by molar-refractivity contribution is 5.81. The van der Waals surface area contributed by atoms with Crippen molar-refractivity contribution in [1.82, 2.24) is 14.5 Å². The molecule has 3 aromatic carbocycles. The number of carbonyl (C=O) groups excluding carboxylic acids is 1. The van der Waals surface area contributed by atoms with Crippen LogP contribution in [0.25, 0.3) is 11.0 Å². The highest BCUT2D eigenvalue weighted by atomic mass is 16.5. The first-order chi connectivity index (χ1) is 17.1. The van der Waals surface area contributed by atoms with Gasteiger partial charge in [-0.2, -0.15) is 0 Å². The largest absolute Gasteiger partial charge is 0.493 e. The second-order valence-corrected chi connectivity index (χ2v) is 8.75. The Balaban J connectivity index is 1.36. The lowest BCUT2D eigenvalue weighted by molar-refractivity contribution is -0.132. The number of para-hydroxylation sites is 2. The average Bonchev–Trinajstić information content (AvgIpc) is 3.24. The molecule has 5 rings (SSSR count). The maximum atomic E-state index is 13.4. The van der Waals surface area contributed by atoms with Gasteiger partial charge in [-0.05, 0) is 60.9 Å². The van der Waals surface area contributed by atoms with Gasteiger partial charge in [0.1, 0.15) is 24.7 Å². The zero-order valence-electron chi connectivity index (χ0n) is 20.3. The molecule has 0 radical (unpaired) electrons. The number of imidazole rings is 1. The van der Waals surface area contributed by atoms with E-state index in [2.05, 4.69) is 0 Å². The molecule has 1 aromatic heterocycles. The molecule has 0 bridgehead atoms. The minimum absolute atomic E-state index is 0.0465. The first-order valence-corrected chi connectivity index (χ1v) is 11.7. The molecule has 2 heterocycles. The maximum Gasteiger partial charge on any atom is 0.242 e. The van der Waals surface area contributed by atoms with Crippen molar-refractivity contribution in [2.45, 2.75) is 33.0 Å². The second kappa shape index (κ2) is 9.70. The molecule has 1 aliphatic heterocycles. The Labute approximate surface area is 204 Å². The molecule has 0 N–H and O–H groups in total. The summed E-state index contributed by atoms with van der Waals surface area (Å²) in [5, 5.41) is 0. The lowest BCUT2D eigenvalue weighted by atomic mass is 9.98. The Morgan fingerprint density at radius 1 is 0.971 bits per heavy atom. The molecule has 1 aliphatic rings. The first kappa shape index (κ1) is 22.8. The highest BCUT2D eigenvalue weighted by Gasteiger charge is 2.24. The van der Waals surface area contributed by atoms with Gasteiger partial charge in [0.2, 0.25) is 5.91 Å². The highest BCUT2D eigenvalue weighted by Crippen LogP contribution is 2.33. The van der Waals surface area contributed by atoms with Gasteiger partial charge in [0.05, 0.1) is 25.3 Å². The SMILES string of the molecule is COc1cc2c(cc1OC)CN(C(=O)Cn1c(COc3ccc(C)cc3)nc3ccccc31)CC2. The number of rotatable bonds is 7. The summed E-state index contributed by atoms with van der Waals surface area (Å²) in [4.78, 5) is 20.1. The Morgan fingerprint density at radius 3 is 2.43 bits per heavy atom. The van der Waals surface area contributed by atoms with E-state index in [1.54, 1.807) is 14.2 Å². The smallest absolute Gasteiger partial charge is 0.242 e. The van der Waals surface area contributed by atoms with Crippen molar-refractivity contribution >= 4 is 16.9 Å². The number of carbonyl (C=O) groups is 1. The van der Waals surface area contributed by atoms with Crippen LogP contribution in [0, 0.1) is 6.92 Å². The van der Waals surface area contributed by atoms with E-state index in [1.807, 2.05) is 77.1 Å². The molecule has 0 aliphatic carbocycles. The van der Waals surface area contributed by atoms with Crippen LogP contribution in [0.4, 0.5) is 0 Å². The van der Waals surface area contributed by atoms with Crippen molar-refractivity contribution in [2.75, 3.05) is 20.8 Å². The van der Waals surface area contributed by atoms with Crippen molar-refractivity contribution in [1.29, 1.82) is 0 Å². The zero-order valence-corrected chi connectivity index (χ0v) is 20.3. The Morgan fingerprint density at radius 2 is 1.69 bits per heavy atom. The number of amides is 1. The summed E-state index contributed by atoms with van der Waals surface area (Å²) in [6.45, 7) is 3.72. The van der Waals surface area contributed by atoms with E-state index in [0.29, 0.717) is 24.6 Å². The molecule has 1 amide bonds. The van der Waals surface area contributed by atoms with Crippen LogP contribution in [0.5, 0.6) is 17.2 Å². The van der Waals surface area contributed by atoms with Crippen molar-refractivity contribution in [3.8, 4) is 17.2 Å². The van der Waals surface area contributed by atoms with Crippen LogP contribution in [-0.4, -0.2) is 41.1 Å². The predicted molar refractivity (Wildman–Crippen MR) is 134 cm³/mol. The molecule has 0 spiro atoms. The van der Waals surface area contributed by atoms with Gasteiger partial charge >= 0.3 is 0 Å². The molecule has 0 saturated heterocycles. The molecule has 0 atom stereocenters. The summed E-state index contributed by atoms with van der Waals surface area (Å²) in [5.74, 6) is 2.94. The minimum atomic E-state index is 0.0465. The van der Waals surface area contributed by atoms with Crippen LogP contribution in [0.1, 0.15) is 22.5 Å². The Hall–Kier alpha value is -4.00. The molecular formula is C28H29N3O4. The maximum absolute atomic E-state index is 13.4. The average molecular weight is 472 g/mol. The van der Waals surface area contributed by atoms with Crippen LogP contribution in [0.3, 0.4) is 0 Å². The number of nitrogens with zero attached hydrogens (tertiary/aromatic N) is 3. The second-order valence-electron chi connectivity index (χ2n) is 8.75. The van der Waals surface area contributed by atoms with E-state index in [4.69, 9.17) is 19.2 Å². The van der Waals surface area contributed by atoms with Crippen LogP contribution >= 0.6 is 0 Å². The number of aromatic nitrogens is 2. The number of aryl methyl sites for hydroxylation is 1. The molecule has 7 heteroatoms. The minimum Gasteiger partial charge on any atom is -0.493 e. The molecule has 35 heavy (non-hydrogen) atoms. The van der Waals surface area contributed by atoms with Crippen molar-refractivity contribution in [3.63, 3.8) is 0 Å². The van der Waals surface area contributed by atoms with E-state index < -0.39 is 0 Å². The van der Waals surface area contributed by atoms with Gasteiger partial charge in [0.15, 0.2) is 11.5 Å². The zero-order chi connectivity index (χ0) is 24.4. The van der Waals surface area contributed by atoms with Crippen LogP contribution < -0.4 is 14.2 Å². The van der Waals surface area contributed by atoms with Gasteiger partial charge in [-0.3, -0.25) is 4.79 Å². The summed E-state index contributed by atoms with van der Waals surface area (Å²) in [7, 11) is 3.26. The number of benzene rings is 3. The Bertz CT molecular complexity index is 1360. The standard InChI is InChI=1S/C28H29N3O4/c1-19-8-10-22(11-9-19)35-18-27-29-23-6-4-5-7-24(23)31(27)17-28(32)30-13-12-20-14-25(33-2)26(34-3)15-21(20)16-30/h4-11,14-15H,12-13,16-18H2,1-3H3. The molecular weight excluding hydrogens is 442 g/mol. The number of fused-ring (bicyclic) bond motifs is 2. The van der Waals surface area contributed by atoms with Gasteiger partial charge in [0, 0.05) is 13.1 Å². The summed E-state index contributed by atoms with van der Waals surface area (Å²) in [5.41, 5.74) is 5.22. The van der Waals surface area contributed by atoms with Gasteiger partial charge in [-0.15, -0.1) is 0 Å². The third-order valence-corrected chi connectivity index (χ3v) is 6.49. The monoisotopic (exact) mass is 471 g/mol. The van der Waals surface area contributed by atoms with Gasteiger partial charge in [-0.25, -0.2) is 4.98 Å². The third kappa shape index (κ3) is 4.67. The number of ether oxygens (including phenoxy) is 3. The van der Waals surface area contributed by atoms with Crippen LogP contribution in [0.15, 0.2) is 60.7 Å². The van der Waals surface area contributed by atoms with Gasteiger partial charge in [0.25, 0.3) is 0 Å². The first-order valence-electron chi connectivity index (χ1n) is 11.7. The fourth-order valence-electron chi connectivity index (χ4n) is 4.53. The molecule has 4 aromatic rings. The van der Waals surface area contributed by atoms with E-state index in [-0.39, 0.29) is 19.1 Å². The molecule has 180 valence electrons. The summed E-state index contributed by atoms with van der Waals surface area (Å²) >= 11 is 0. The predicted octanol–water partition coefficient (Wildman–Crippen LogP) is 4.53. The normalized spacial score (nSPS) is 12.9. The van der Waals surface area contributed by atoms with Crippen LogP contribution in [0.2, 0.25) is 0 Å². The van der Waals surface area contributed by atoms with E-state index in [9.17, 15) is 4.79 Å². The fraction of sp³-hybridized carbons (Fsp3) is 0.286. The van der Waals surface area contributed by atoms with Gasteiger partial charge < -0.3 is 23.7 Å². The number of methoxy groups -OCH3 is 2. The van der Waals surface area contributed by atoms with E-state index in [1.165, 1.54) is 11.1 Å². The summed E-state index contributed by atoms with van der Waals surface area (Å²) < 4.78 is 18.9. The van der Waals surface area contributed by atoms with Crippen molar-refractivity contribution in [3.05, 3.63) is 83.2 Å². The van der Waals surface area contributed by atoms with E-state index >= 15 is 0 Å². The number of hydrogen-bond acceptors (Lipinski definition) is 5. The molecule has 0 saturated carbocycles. The molecule has 0 fully saturated rings. The summed E-state index contributed by atoms with van der Waals surface area (Å²) in [6.07, 6.45) is 0.773. The lowest BCUT2D eigenvalue weighted by Crippen LogP contribution is -2.38. The molecule has 0 unspecified atom stereocenters. The lowest BCUT2D eigenvalue weighted by Gasteiger charge is -2.30. The summed E-state index contributed by atoms with van der Waals surface area (Å²) in [6, 6.07) is 19.8. The van der Waals surface area contributed by atoms with Crippen LogP contribution in [-0.2, 0) is 30.9 Å². The van der Waals surface area contributed by atoms with Gasteiger partial charge in [-0.1, -0.05) is 29.8 Å².